The number of hydrogen-bond donors (Lipinski definition) is 1. The molecule has 2 atom stereocenters. The Hall–Kier alpha value is 0.210. The maximum absolute atomic E-state index is 5.88. The average Bonchev–Trinajstić information content (AvgIpc) is 2.70. The van der Waals surface area contributed by atoms with Gasteiger partial charge in [-0.25, -0.2) is 0 Å². The van der Waals surface area contributed by atoms with Gasteiger partial charge in [0, 0.05) is 18.5 Å². The summed E-state index contributed by atoms with van der Waals surface area (Å²) in [5, 5.41) is 3.51. The number of halogens is 1. The maximum Gasteiger partial charge on any atom is 0.0576 e. The molecule has 90 valence electrons. The first-order chi connectivity index (χ1) is 7.24. The highest BCUT2D eigenvalue weighted by atomic mass is 35.5. The first-order valence-corrected chi connectivity index (χ1v) is 6.68. The largest absolute Gasteiger partial charge is 0.378 e. The smallest absolute Gasteiger partial charge is 0.0576 e. The van der Waals surface area contributed by atoms with Crippen molar-refractivity contribution in [1.82, 2.24) is 5.32 Å². The molecule has 2 unspecified atom stereocenters. The second-order valence-corrected chi connectivity index (χ2v) is 5.04. The lowest BCUT2D eigenvalue weighted by Gasteiger charge is -2.20. The molecule has 1 aliphatic heterocycles. The minimum absolute atomic E-state index is 0.455. The molecule has 1 heterocycles. The topological polar surface area (TPSA) is 21.3 Å². The zero-order valence-corrected chi connectivity index (χ0v) is 10.7. The molecule has 15 heavy (non-hydrogen) atoms. The number of hydrogen-bond acceptors (Lipinski definition) is 2. The lowest BCUT2D eigenvalue weighted by Crippen LogP contribution is -2.36. The van der Waals surface area contributed by atoms with Gasteiger partial charge >= 0.3 is 0 Å². The summed E-state index contributed by atoms with van der Waals surface area (Å²) in [4.78, 5) is 0. The minimum Gasteiger partial charge on any atom is -0.378 e. The van der Waals surface area contributed by atoms with Crippen LogP contribution in [0.15, 0.2) is 0 Å². The highest BCUT2D eigenvalue weighted by Gasteiger charge is 2.15. The third-order valence-electron chi connectivity index (χ3n) is 3.10. The van der Waals surface area contributed by atoms with E-state index in [1.54, 1.807) is 0 Å². The fraction of sp³-hybridized carbons (Fsp3) is 1.00. The molecular formula is C12H24ClNO. The summed E-state index contributed by atoms with van der Waals surface area (Å²) in [6.45, 7) is 6.45. The number of alkyl halides is 1. The third kappa shape index (κ3) is 5.19. The van der Waals surface area contributed by atoms with E-state index in [-0.39, 0.29) is 0 Å². The van der Waals surface area contributed by atoms with Gasteiger partial charge in [-0.05, 0) is 38.1 Å². The minimum atomic E-state index is 0.455. The van der Waals surface area contributed by atoms with Crippen LogP contribution in [0.1, 0.15) is 39.5 Å². The molecule has 0 radical (unpaired) electrons. The van der Waals surface area contributed by atoms with E-state index >= 15 is 0 Å². The predicted molar refractivity (Wildman–Crippen MR) is 65.6 cm³/mol. The van der Waals surface area contributed by atoms with Gasteiger partial charge in [0.1, 0.15) is 0 Å². The van der Waals surface area contributed by atoms with Gasteiger partial charge in [-0.3, -0.25) is 0 Å². The van der Waals surface area contributed by atoms with Crippen molar-refractivity contribution in [2.75, 3.05) is 19.0 Å². The van der Waals surface area contributed by atoms with E-state index in [4.69, 9.17) is 16.3 Å². The Morgan fingerprint density at radius 3 is 2.80 bits per heavy atom. The molecular weight excluding hydrogens is 210 g/mol. The van der Waals surface area contributed by atoms with Crippen LogP contribution in [0, 0.1) is 5.92 Å². The van der Waals surface area contributed by atoms with Crippen LogP contribution in [0.4, 0.5) is 0 Å². The molecule has 0 spiro atoms. The van der Waals surface area contributed by atoms with Crippen LogP contribution in [0.5, 0.6) is 0 Å². The highest BCUT2D eigenvalue weighted by Crippen LogP contribution is 2.16. The SMILES string of the molecule is CC(C)C(CCl)NCCCC1CCCO1. The monoisotopic (exact) mass is 233 g/mol. The van der Waals surface area contributed by atoms with E-state index in [0.717, 1.165) is 13.2 Å². The van der Waals surface area contributed by atoms with Crippen molar-refractivity contribution >= 4 is 11.6 Å². The summed E-state index contributed by atoms with van der Waals surface area (Å²) < 4.78 is 5.58. The molecule has 0 saturated carbocycles. The van der Waals surface area contributed by atoms with E-state index in [1.807, 2.05) is 0 Å². The molecule has 0 aromatic heterocycles. The van der Waals surface area contributed by atoms with Gasteiger partial charge < -0.3 is 10.1 Å². The van der Waals surface area contributed by atoms with Crippen molar-refractivity contribution in [2.45, 2.75) is 51.7 Å². The lowest BCUT2D eigenvalue weighted by atomic mass is 10.1. The second kappa shape index (κ2) is 7.48. The van der Waals surface area contributed by atoms with Crippen LogP contribution in [0.25, 0.3) is 0 Å². The van der Waals surface area contributed by atoms with Crippen LogP contribution in [-0.4, -0.2) is 31.2 Å². The number of nitrogens with one attached hydrogen (secondary N) is 1. The fourth-order valence-corrected chi connectivity index (χ4v) is 2.42. The Morgan fingerprint density at radius 1 is 1.47 bits per heavy atom. The molecule has 1 saturated heterocycles. The van der Waals surface area contributed by atoms with Crippen LogP contribution in [0.2, 0.25) is 0 Å². The molecule has 1 fully saturated rings. The molecule has 0 aliphatic carbocycles. The zero-order chi connectivity index (χ0) is 11.1. The van der Waals surface area contributed by atoms with Gasteiger partial charge in [0.15, 0.2) is 0 Å². The summed E-state index contributed by atoms with van der Waals surface area (Å²) in [5.74, 6) is 1.32. The number of rotatable bonds is 7. The van der Waals surface area contributed by atoms with Gasteiger partial charge in [0.2, 0.25) is 0 Å². The maximum atomic E-state index is 5.88. The summed E-state index contributed by atoms with van der Waals surface area (Å²) in [5.41, 5.74) is 0. The van der Waals surface area contributed by atoms with Gasteiger partial charge in [-0.2, -0.15) is 0 Å². The highest BCUT2D eigenvalue weighted by molar-refractivity contribution is 6.18. The molecule has 2 nitrogen and oxygen atoms in total. The molecule has 1 rings (SSSR count). The van der Waals surface area contributed by atoms with Crippen LogP contribution in [0.3, 0.4) is 0 Å². The van der Waals surface area contributed by atoms with Crippen molar-refractivity contribution in [2.24, 2.45) is 5.92 Å². The molecule has 1 aliphatic rings. The Bertz CT molecular complexity index is 158. The van der Waals surface area contributed by atoms with Crippen molar-refractivity contribution in [3.8, 4) is 0 Å². The molecule has 3 heteroatoms. The van der Waals surface area contributed by atoms with Crippen LogP contribution >= 0.6 is 11.6 Å². The van der Waals surface area contributed by atoms with Crippen molar-refractivity contribution in [3.05, 3.63) is 0 Å². The van der Waals surface area contributed by atoms with Gasteiger partial charge in [-0.1, -0.05) is 13.8 Å². The average molecular weight is 234 g/mol. The van der Waals surface area contributed by atoms with Crippen LogP contribution < -0.4 is 5.32 Å². The Labute approximate surface area is 98.7 Å². The predicted octanol–water partition coefficient (Wildman–Crippen LogP) is 2.80. The molecule has 0 aromatic rings. The Kier molecular flexibility index (Phi) is 6.62. The van der Waals surface area contributed by atoms with E-state index in [9.17, 15) is 0 Å². The van der Waals surface area contributed by atoms with Gasteiger partial charge in [0.25, 0.3) is 0 Å². The molecule has 0 bridgehead atoms. The quantitative estimate of drug-likeness (QED) is 0.540. The first-order valence-electron chi connectivity index (χ1n) is 6.15. The fourth-order valence-electron chi connectivity index (χ4n) is 1.96. The third-order valence-corrected chi connectivity index (χ3v) is 3.44. The van der Waals surface area contributed by atoms with E-state index in [1.165, 1.54) is 25.7 Å². The molecule has 1 N–H and O–H groups in total. The van der Waals surface area contributed by atoms with Crippen LogP contribution in [-0.2, 0) is 4.74 Å². The Balaban J connectivity index is 1.99. The van der Waals surface area contributed by atoms with E-state index < -0.39 is 0 Å². The normalized spacial score (nSPS) is 23.6. The van der Waals surface area contributed by atoms with Gasteiger partial charge in [0.05, 0.1) is 6.10 Å². The lowest BCUT2D eigenvalue weighted by molar-refractivity contribution is 0.102. The standard InChI is InChI=1S/C12H24ClNO/c1-10(2)12(9-13)14-7-3-5-11-6-4-8-15-11/h10-12,14H,3-9H2,1-2H3. The first kappa shape index (κ1) is 13.3. The van der Waals surface area contributed by atoms with E-state index in [0.29, 0.717) is 23.9 Å². The second-order valence-electron chi connectivity index (χ2n) is 4.74. The summed E-state index contributed by atoms with van der Waals surface area (Å²) in [6.07, 6.45) is 5.42. The summed E-state index contributed by atoms with van der Waals surface area (Å²) in [7, 11) is 0. The number of ether oxygens (including phenoxy) is 1. The zero-order valence-electron chi connectivity index (χ0n) is 9.97. The summed E-state index contributed by atoms with van der Waals surface area (Å²) >= 11 is 5.88. The van der Waals surface area contributed by atoms with Crippen molar-refractivity contribution in [1.29, 1.82) is 0 Å². The summed E-state index contributed by atoms with van der Waals surface area (Å²) in [6, 6.07) is 0.455. The molecule has 0 amide bonds. The van der Waals surface area contributed by atoms with E-state index in [2.05, 4.69) is 19.2 Å². The Morgan fingerprint density at radius 2 is 2.27 bits per heavy atom. The molecule has 0 aromatic carbocycles. The van der Waals surface area contributed by atoms with Crippen molar-refractivity contribution in [3.63, 3.8) is 0 Å². The van der Waals surface area contributed by atoms with Crippen molar-refractivity contribution < 1.29 is 4.74 Å². The van der Waals surface area contributed by atoms with Gasteiger partial charge in [-0.15, -0.1) is 11.6 Å².